The second-order valence-corrected chi connectivity index (χ2v) is 34.7. The first kappa shape index (κ1) is 46.4. The lowest BCUT2D eigenvalue weighted by atomic mass is 10.4. The maximum Gasteiger partial charge on any atom is 0.465 e. The molecule has 328 valence electrons. The Hall–Kier alpha value is -5.11. The molecule has 0 radical (unpaired) electrons. The fraction of sp³-hybridized carbons (Fsp3) is 0.0769. The number of phosphoric acid groups is 2. The van der Waals surface area contributed by atoms with E-state index in [9.17, 15) is 0 Å². The van der Waals surface area contributed by atoms with Crippen LogP contribution in [0.25, 0.3) is 0 Å². The zero-order chi connectivity index (χ0) is 45.4. The van der Waals surface area contributed by atoms with E-state index in [1.54, 1.807) is 0 Å². The summed E-state index contributed by atoms with van der Waals surface area (Å²) >= 11 is 0. The third-order valence-electron chi connectivity index (χ3n) is 12.0. The molecule has 0 bridgehead atoms. The second kappa shape index (κ2) is 19.8. The van der Waals surface area contributed by atoms with Crippen LogP contribution in [0.5, 0.6) is 0 Å². The van der Waals surface area contributed by atoms with Crippen LogP contribution in [0.2, 0.25) is 26.2 Å². The molecule has 8 aromatic carbocycles. The van der Waals surface area contributed by atoms with Crippen molar-refractivity contribution in [3.63, 3.8) is 0 Å². The van der Waals surface area contributed by atoms with Gasteiger partial charge in [0.2, 0.25) is 0 Å². The molecule has 0 amide bonds. The normalized spacial score (nSPS) is 12.7. The number of rotatable bonds is 18. The van der Waals surface area contributed by atoms with Gasteiger partial charge in [-0.1, -0.05) is 243 Å². The minimum atomic E-state index is -5.13. The molecule has 0 spiro atoms. The van der Waals surface area contributed by atoms with Gasteiger partial charge in [0, 0.05) is 0 Å². The van der Waals surface area contributed by atoms with Crippen LogP contribution >= 0.6 is 15.6 Å². The van der Waals surface area contributed by atoms with Crippen molar-refractivity contribution >= 4 is 90.4 Å². The Morgan fingerprint density at radius 2 is 0.369 bits per heavy atom. The minimum Gasteiger partial charge on any atom is -0.320 e. The first-order chi connectivity index (χ1) is 31.4. The topological polar surface area (TPSA) is 80.3 Å². The van der Waals surface area contributed by atoms with E-state index < -0.39 is 48.9 Å². The van der Waals surface area contributed by atoms with Gasteiger partial charge in [0.15, 0.2) is 0 Å². The van der Waals surface area contributed by atoms with E-state index in [1.165, 1.54) is 0 Å². The Morgan fingerprint density at radius 1 is 0.246 bits per heavy atom. The molecule has 8 aromatic rings. The summed E-state index contributed by atoms with van der Waals surface area (Å²) in [7, 11) is -24.7. The Bertz CT molecular complexity index is 2310. The third-order valence-corrected chi connectivity index (χ3v) is 34.5. The van der Waals surface area contributed by atoms with Crippen molar-refractivity contribution in [3.05, 3.63) is 243 Å². The summed E-state index contributed by atoms with van der Waals surface area (Å²) < 4.78 is 70.0. The lowest BCUT2D eigenvalue weighted by Crippen LogP contribution is -2.61. The average molecular weight is 963 g/mol. The Balaban J connectivity index is 1.39. The first-order valence-corrected chi connectivity index (χ1v) is 34.1. The molecule has 8 rings (SSSR count). The standard InChI is InChI=1S/C52H52O7P2Si4/c1-62(45-29-13-5-14-30-45,46-31-15-6-16-32-46)56-60(53,57-63(2,47-33-17-7-18-34-47)48-35-19-8-20-36-48)55-61(54,58-64(3,49-37-21-9-22-38-49)50-39-23-10-24-40-50)59-65(4,51-41-25-11-26-42-51)52-43-27-12-28-44-52/h5-44H,1-4H3. The number of benzene rings is 8. The molecule has 65 heavy (non-hydrogen) atoms. The second-order valence-electron chi connectivity index (χ2n) is 16.4. The van der Waals surface area contributed by atoms with Gasteiger partial charge < -0.3 is 16.9 Å². The predicted octanol–water partition coefficient (Wildman–Crippen LogP) is 8.84. The largest absolute Gasteiger partial charge is 0.465 e. The molecular weight excluding hydrogens is 911 g/mol. The Kier molecular flexibility index (Phi) is 14.1. The van der Waals surface area contributed by atoms with Gasteiger partial charge in [-0.2, -0.15) is 4.31 Å². The van der Waals surface area contributed by atoms with Crippen molar-refractivity contribution in [2.24, 2.45) is 0 Å². The lowest BCUT2D eigenvalue weighted by molar-refractivity contribution is 0.243. The van der Waals surface area contributed by atoms with Crippen molar-refractivity contribution in [2.75, 3.05) is 0 Å². The Labute approximate surface area is 387 Å². The van der Waals surface area contributed by atoms with E-state index in [2.05, 4.69) is 0 Å². The molecule has 0 N–H and O–H groups in total. The summed E-state index contributed by atoms with van der Waals surface area (Å²) in [6.07, 6.45) is 0. The highest BCUT2D eigenvalue weighted by molar-refractivity contribution is 7.66. The highest BCUT2D eigenvalue weighted by Gasteiger charge is 2.57. The molecule has 0 fully saturated rings. The lowest BCUT2D eigenvalue weighted by Gasteiger charge is -2.40. The van der Waals surface area contributed by atoms with Crippen molar-refractivity contribution in [2.45, 2.75) is 26.2 Å². The monoisotopic (exact) mass is 962 g/mol. The van der Waals surface area contributed by atoms with Gasteiger partial charge in [-0.25, -0.2) is 9.13 Å². The molecule has 13 heteroatoms. The minimum absolute atomic E-state index is 0.804. The van der Waals surface area contributed by atoms with Crippen LogP contribution in [-0.4, -0.2) is 33.3 Å². The van der Waals surface area contributed by atoms with Crippen LogP contribution in [0.3, 0.4) is 0 Å². The van der Waals surface area contributed by atoms with Gasteiger partial charge in [-0.05, 0) is 67.7 Å². The summed E-state index contributed by atoms with van der Waals surface area (Å²) in [5.41, 5.74) is 0. The maximum absolute atomic E-state index is 17.0. The molecule has 0 unspecified atom stereocenters. The summed E-state index contributed by atoms with van der Waals surface area (Å²) in [6, 6.07) is 77.7. The van der Waals surface area contributed by atoms with E-state index >= 15 is 9.13 Å². The fourth-order valence-electron chi connectivity index (χ4n) is 8.26. The van der Waals surface area contributed by atoms with Gasteiger partial charge in [0.05, 0.1) is 0 Å². The summed E-state index contributed by atoms with van der Waals surface area (Å²) in [5.74, 6) is 0. The van der Waals surface area contributed by atoms with Crippen molar-refractivity contribution in [1.29, 1.82) is 0 Å². The van der Waals surface area contributed by atoms with E-state index in [0.29, 0.717) is 0 Å². The molecule has 0 saturated carbocycles. The smallest absolute Gasteiger partial charge is 0.320 e. The highest BCUT2D eigenvalue weighted by atomic mass is 31.3. The van der Waals surface area contributed by atoms with Crippen LogP contribution in [0.1, 0.15) is 0 Å². The van der Waals surface area contributed by atoms with Crippen LogP contribution in [-0.2, 0) is 30.3 Å². The highest BCUT2D eigenvalue weighted by Crippen LogP contribution is 2.69. The van der Waals surface area contributed by atoms with Crippen molar-refractivity contribution in [1.82, 2.24) is 0 Å². The third kappa shape index (κ3) is 10.2. The van der Waals surface area contributed by atoms with Crippen LogP contribution < -0.4 is 41.5 Å². The average Bonchev–Trinajstić information content (AvgIpc) is 3.35. The Morgan fingerprint density at radius 3 is 0.492 bits per heavy atom. The molecule has 0 saturated heterocycles. The maximum atomic E-state index is 17.0. The van der Waals surface area contributed by atoms with E-state index in [0.717, 1.165) is 41.5 Å². The van der Waals surface area contributed by atoms with Gasteiger partial charge in [0.25, 0.3) is 33.3 Å². The first-order valence-electron chi connectivity index (χ1n) is 21.6. The molecule has 7 nitrogen and oxygen atoms in total. The predicted molar refractivity (Wildman–Crippen MR) is 276 cm³/mol. The molecule has 0 heterocycles. The number of hydrogen-bond acceptors (Lipinski definition) is 7. The van der Waals surface area contributed by atoms with Crippen LogP contribution in [0, 0.1) is 0 Å². The van der Waals surface area contributed by atoms with Gasteiger partial charge in [-0.3, -0.25) is 0 Å². The van der Waals surface area contributed by atoms with Crippen LogP contribution in [0.4, 0.5) is 0 Å². The van der Waals surface area contributed by atoms with Crippen LogP contribution in [0.15, 0.2) is 243 Å². The van der Waals surface area contributed by atoms with E-state index in [1.807, 2.05) is 269 Å². The zero-order valence-corrected chi connectivity index (χ0v) is 42.6. The SMILES string of the molecule is C[Si](OP(=O)(O[Si](C)(c1ccccc1)c1ccccc1)OP(=O)(O[Si](C)(c1ccccc1)c1ccccc1)O[Si](C)(c1ccccc1)c1ccccc1)(c1ccccc1)c1ccccc1. The molecular formula is C52H52O7P2Si4. The van der Waals surface area contributed by atoms with Gasteiger partial charge in [-0.15, -0.1) is 0 Å². The molecule has 0 aliphatic carbocycles. The molecule has 0 aliphatic rings. The zero-order valence-electron chi connectivity index (χ0n) is 36.8. The summed E-state index contributed by atoms with van der Waals surface area (Å²) in [5, 5.41) is 6.43. The van der Waals surface area contributed by atoms with E-state index in [4.69, 9.17) is 21.2 Å². The van der Waals surface area contributed by atoms with E-state index in [-0.39, 0.29) is 0 Å². The van der Waals surface area contributed by atoms with Gasteiger partial charge in [0.1, 0.15) is 0 Å². The van der Waals surface area contributed by atoms with Crippen molar-refractivity contribution in [3.8, 4) is 0 Å². The summed E-state index contributed by atoms with van der Waals surface area (Å²) in [6.45, 7) is 7.86. The molecule has 0 aromatic heterocycles. The van der Waals surface area contributed by atoms with Crippen molar-refractivity contribution < 1.29 is 30.3 Å². The summed E-state index contributed by atoms with van der Waals surface area (Å²) in [4.78, 5) is 0. The molecule has 0 aliphatic heterocycles. The quantitative estimate of drug-likeness (QED) is 0.0629. The number of hydrogen-bond donors (Lipinski definition) is 0. The molecule has 0 atom stereocenters. The van der Waals surface area contributed by atoms with Gasteiger partial charge >= 0.3 is 15.6 Å². The fourth-order valence-corrected chi connectivity index (χ4v) is 30.4.